The number of fused-ring (bicyclic) bond motifs is 5. The molecule has 4 heteroatoms. The molecule has 0 radical (unpaired) electrons. The first-order valence-corrected chi connectivity index (χ1v) is 14.3. The van der Waals surface area contributed by atoms with Crippen LogP contribution in [0.3, 0.4) is 0 Å². The highest BCUT2D eigenvalue weighted by Crippen LogP contribution is 2.65. The van der Waals surface area contributed by atoms with Crippen LogP contribution in [0.2, 0.25) is 0 Å². The van der Waals surface area contributed by atoms with Crippen LogP contribution < -0.4 is 11.1 Å². The second kappa shape index (κ2) is 10.9. The minimum atomic E-state index is -0.533. The van der Waals surface area contributed by atoms with Crippen LogP contribution in [-0.4, -0.2) is 31.7 Å². The maximum atomic E-state index is 12.5. The van der Waals surface area contributed by atoms with Gasteiger partial charge in [-0.2, -0.15) is 0 Å². The molecule has 7 unspecified atom stereocenters. The van der Waals surface area contributed by atoms with Gasteiger partial charge in [-0.1, -0.05) is 49.1 Å². The Labute approximate surface area is 214 Å². The lowest BCUT2D eigenvalue weighted by molar-refractivity contribution is -0.152. The van der Waals surface area contributed by atoms with Gasteiger partial charge in [-0.15, -0.1) is 6.58 Å². The summed E-state index contributed by atoms with van der Waals surface area (Å²) in [5, 5.41) is 3.06. The summed E-state index contributed by atoms with van der Waals surface area (Å²) >= 11 is 0. The molecule has 4 aliphatic carbocycles. The first kappa shape index (κ1) is 26.7. The molecule has 3 fully saturated rings. The SMILES string of the molecule is C=C(C)CCCCC1CCC2C3=CC=C4CC(OC(=O)C(N)CCNC)CCC4(C)C3CCC12C. The van der Waals surface area contributed by atoms with Crippen LogP contribution in [0.4, 0.5) is 0 Å². The van der Waals surface area contributed by atoms with E-state index in [2.05, 4.69) is 44.8 Å². The van der Waals surface area contributed by atoms with E-state index >= 15 is 0 Å². The van der Waals surface area contributed by atoms with E-state index in [1.807, 2.05) is 7.05 Å². The number of nitrogens with one attached hydrogen (secondary N) is 1. The van der Waals surface area contributed by atoms with Gasteiger partial charge in [0.2, 0.25) is 0 Å². The van der Waals surface area contributed by atoms with Crippen LogP contribution in [0.25, 0.3) is 0 Å². The number of hydrogen-bond donors (Lipinski definition) is 2. The van der Waals surface area contributed by atoms with E-state index in [0.29, 0.717) is 17.8 Å². The van der Waals surface area contributed by atoms with Crippen molar-refractivity contribution in [2.75, 3.05) is 13.6 Å². The zero-order chi connectivity index (χ0) is 25.2. The van der Waals surface area contributed by atoms with Gasteiger partial charge >= 0.3 is 5.97 Å². The fourth-order valence-electron chi connectivity index (χ4n) is 8.14. The van der Waals surface area contributed by atoms with Crippen LogP contribution in [0.5, 0.6) is 0 Å². The summed E-state index contributed by atoms with van der Waals surface area (Å²) in [6.45, 7) is 12.1. The van der Waals surface area contributed by atoms with Crippen molar-refractivity contribution in [1.82, 2.24) is 5.32 Å². The Morgan fingerprint density at radius 2 is 1.97 bits per heavy atom. The molecule has 4 aliphatic rings. The summed E-state index contributed by atoms with van der Waals surface area (Å²) in [6.07, 6.45) is 19.1. The third kappa shape index (κ3) is 5.34. The van der Waals surface area contributed by atoms with E-state index in [0.717, 1.165) is 37.6 Å². The number of rotatable bonds is 10. The van der Waals surface area contributed by atoms with E-state index in [1.165, 1.54) is 62.5 Å². The molecule has 0 aromatic rings. The lowest BCUT2D eigenvalue weighted by atomic mass is 9.50. The van der Waals surface area contributed by atoms with Crippen LogP contribution >= 0.6 is 0 Å². The number of unbranched alkanes of at least 4 members (excludes halogenated alkanes) is 1. The van der Waals surface area contributed by atoms with E-state index in [9.17, 15) is 4.79 Å². The molecule has 0 amide bonds. The zero-order valence-corrected chi connectivity index (χ0v) is 22.8. The van der Waals surface area contributed by atoms with Gasteiger partial charge in [-0.3, -0.25) is 4.79 Å². The van der Waals surface area contributed by atoms with Gasteiger partial charge in [0, 0.05) is 6.42 Å². The van der Waals surface area contributed by atoms with Crippen molar-refractivity contribution in [3.05, 3.63) is 35.5 Å². The average Bonchev–Trinajstić information content (AvgIpc) is 3.16. The molecule has 3 N–H and O–H groups in total. The summed E-state index contributed by atoms with van der Waals surface area (Å²) in [5.74, 6) is 2.05. The Kier molecular flexibility index (Phi) is 8.32. The van der Waals surface area contributed by atoms with Crippen molar-refractivity contribution in [2.45, 2.75) is 110 Å². The molecule has 7 atom stereocenters. The summed E-state index contributed by atoms with van der Waals surface area (Å²) in [6, 6.07) is -0.533. The number of allylic oxidation sites excluding steroid dienone is 4. The molecule has 0 aromatic heterocycles. The number of esters is 1. The maximum Gasteiger partial charge on any atom is 0.323 e. The van der Waals surface area contributed by atoms with Gasteiger partial charge in [-0.05, 0) is 113 Å². The lowest BCUT2D eigenvalue weighted by Gasteiger charge is -2.55. The largest absolute Gasteiger partial charge is 0.461 e. The Balaban J connectivity index is 1.41. The van der Waals surface area contributed by atoms with Crippen molar-refractivity contribution in [1.29, 1.82) is 0 Å². The quantitative estimate of drug-likeness (QED) is 0.213. The summed E-state index contributed by atoms with van der Waals surface area (Å²) < 4.78 is 5.88. The van der Waals surface area contributed by atoms with E-state index in [-0.39, 0.29) is 17.5 Å². The highest BCUT2D eigenvalue weighted by molar-refractivity contribution is 5.75. The smallest absolute Gasteiger partial charge is 0.323 e. The van der Waals surface area contributed by atoms with Gasteiger partial charge in [0.15, 0.2) is 0 Å². The van der Waals surface area contributed by atoms with Crippen molar-refractivity contribution in [2.24, 2.45) is 34.3 Å². The van der Waals surface area contributed by atoms with Gasteiger partial charge in [-0.25, -0.2) is 0 Å². The van der Waals surface area contributed by atoms with E-state index in [1.54, 1.807) is 5.57 Å². The maximum absolute atomic E-state index is 12.5. The molecular weight excluding hydrogens is 432 g/mol. The lowest BCUT2D eigenvalue weighted by Crippen LogP contribution is -2.46. The Bertz CT molecular complexity index is 860. The minimum absolute atomic E-state index is 0.0265. The van der Waals surface area contributed by atoms with Gasteiger partial charge in [0.1, 0.15) is 12.1 Å². The highest BCUT2D eigenvalue weighted by Gasteiger charge is 2.56. The first-order chi connectivity index (χ1) is 16.7. The molecular formula is C31H50N2O2. The monoisotopic (exact) mass is 482 g/mol. The van der Waals surface area contributed by atoms with Crippen molar-refractivity contribution in [3.63, 3.8) is 0 Å². The standard InChI is InChI=1S/C31H50N2O2/c1-21(2)8-6-7-9-22-11-13-26-25-12-10-23-20-24(35-29(34)28(32)16-19-33-5)14-17-31(23,4)27(25)15-18-30(22,26)3/h10,12,22,24,26-28,33H,1,6-9,11,13-20,32H2,2-5H3. The van der Waals surface area contributed by atoms with E-state index in [4.69, 9.17) is 10.5 Å². The van der Waals surface area contributed by atoms with Crippen LogP contribution in [0.15, 0.2) is 35.5 Å². The van der Waals surface area contributed by atoms with Crippen LogP contribution in [0.1, 0.15) is 97.8 Å². The van der Waals surface area contributed by atoms with Crippen molar-refractivity contribution >= 4 is 5.97 Å². The highest BCUT2D eigenvalue weighted by atomic mass is 16.5. The average molecular weight is 483 g/mol. The second-order valence-electron chi connectivity index (χ2n) is 12.7. The summed E-state index contributed by atoms with van der Waals surface area (Å²) in [5.41, 5.74) is 11.3. The molecule has 0 aliphatic heterocycles. The fraction of sp³-hybridized carbons (Fsp3) is 0.774. The molecule has 4 rings (SSSR count). The molecule has 0 spiro atoms. The molecule has 0 saturated heterocycles. The number of carbonyl (C=O) groups is 1. The predicted molar refractivity (Wildman–Crippen MR) is 145 cm³/mol. The Morgan fingerprint density at radius 3 is 2.71 bits per heavy atom. The summed E-state index contributed by atoms with van der Waals surface area (Å²) in [4.78, 5) is 12.5. The summed E-state index contributed by atoms with van der Waals surface area (Å²) in [7, 11) is 1.88. The minimum Gasteiger partial charge on any atom is -0.461 e. The number of carbonyl (C=O) groups excluding carboxylic acids is 1. The molecule has 196 valence electrons. The topological polar surface area (TPSA) is 64.3 Å². The molecule has 0 heterocycles. The zero-order valence-electron chi connectivity index (χ0n) is 22.8. The number of hydrogen-bond acceptors (Lipinski definition) is 4. The predicted octanol–water partition coefficient (Wildman–Crippen LogP) is 6.47. The molecule has 35 heavy (non-hydrogen) atoms. The van der Waals surface area contributed by atoms with Gasteiger partial charge < -0.3 is 15.8 Å². The molecule has 4 nitrogen and oxygen atoms in total. The third-order valence-corrected chi connectivity index (χ3v) is 10.4. The number of nitrogens with two attached hydrogens (primary N) is 1. The number of ether oxygens (including phenoxy) is 1. The van der Waals surface area contributed by atoms with Crippen molar-refractivity contribution in [3.8, 4) is 0 Å². The molecule has 3 saturated carbocycles. The third-order valence-electron chi connectivity index (χ3n) is 10.4. The van der Waals surface area contributed by atoms with E-state index < -0.39 is 6.04 Å². The molecule has 0 aromatic carbocycles. The fourth-order valence-corrected chi connectivity index (χ4v) is 8.14. The normalized spacial score (nSPS) is 36.8. The van der Waals surface area contributed by atoms with Crippen LogP contribution in [-0.2, 0) is 9.53 Å². The first-order valence-electron chi connectivity index (χ1n) is 14.3. The molecule has 0 bridgehead atoms. The second-order valence-corrected chi connectivity index (χ2v) is 12.7. The van der Waals surface area contributed by atoms with Crippen LogP contribution in [0, 0.1) is 28.6 Å². The Morgan fingerprint density at radius 1 is 1.17 bits per heavy atom. The van der Waals surface area contributed by atoms with Gasteiger partial charge in [0.05, 0.1) is 0 Å². The van der Waals surface area contributed by atoms with Crippen molar-refractivity contribution < 1.29 is 9.53 Å². The van der Waals surface area contributed by atoms with Gasteiger partial charge in [0.25, 0.3) is 0 Å². The Hall–Kier alpha value is -1.39.